The lowest BCUT2D eigenvalue weighted by Crippen LogP contribution is -2.65. The van der Waals surface area contributed by atoms with Crippen LogP contribution in [0.4, 0.5) is 5.69 Å². The predicted molar refractivity (Wildman–Crippen MR) is 74.4 cm³/mol. The van der Waals surface area contributed by atoms with Gasteiger partial charge < -0.3 is 10.8 Å². The Balaban J connectivity index is 2.26. The molecule has 1 fully saturated rings. The first-order chi connectivity index (χ1) is 8.67. The third-order valence-corrected chi connectivity index (χ3v) is 5.82. The number of β-amino-alcohol motifs (C(OH)–C–C–N with tert-alkyl or cyclic N) is 1. The second-order valence-corrected chi connectivity index (χ2v) is 7.53. The van der Waals surface area contributed by atoms with Crippen LogP contribution in [-0.2, 0) is 10.0 Å². The topological polar surface area (TPSA) is 83.6 Å². The average molecular weight is 305 g/mol. The Labute approximate surface area is 118 Å². The number of anilines is 1. The van der Waals surface area contributed by atoms with Gasteiger partial charge in [0, 0.05) is 18.8 Å². The zero-order valence-electron chi connectivity index (χ0n) is 10.8. The monoisotopic (exact) mass is 304 g/mol. The molecule has 1 aromatic carbocycles. The van der Waals surface area contributed by atoms with Crippen LogP contribution in [0, 0.1) is 5.92 Å². The highest BCUT2D eigenvalue weighted by Gasteiger charge is 2.49. The lowest BCUT2D eigenvalue weighted by molar-refractivity contribution is -0.0932. The van der Waals surface area contributed by atoms with E-state index in [1.165, 1.54) is 22.5 Å². The van der Waals surface area contributed by atoms with Gasteiger partial charge in [0.2, 0.25) is 10.0 Å². The van der Waals surface area contributed by atoms with Gasteiger partial charge in [-0.05, 0) is 24.1 Å². The molecule has 1 aromatic rings. The lowest BCUT2D eigenvalue weighted by Gasteiger charge is -2.47. The van der Waals surface area contributed by atoms with Gasteiger partial charge in [-0.1, -0.05) is 25.4 Å². The second-order valence-electron chi connectivity index (χ2n) is 5.22. The minimum Gasteiger partial charge on any atom is -0.399 e. The van der Waals surface area contributed by atoms with Gasteiger partial charge in [-0.2, -0.15) is 4.31 Å². The van der Waals surface area contributed by atoms with E-state index in [4.69, 9.17) is 17.3 Å². The Hall–Kier alpha value is -0.820. The van der Waals surface area contributed by atoms with Gasteiger partial charge in [-0.3, -0.25) is 0 Å². The summed E-state index contributed by atoms with van der Waals surface area (Å²) in [6, 6.07) is 4.29. The predicted octanol–water partition coefficient (Wildman–Crippen LogP) is 1.31. The molecule has 3 N–H and O–H groups in total. The first-order valence-electron chi connectivity index (χ1n) is 5.94. The second kappa shape index (κ2) is 4.63. The van der Waals surface area contributed by atoms with Crippen LogP contribution in [0.3, 0.4) is 0 Å². The van der Waals surface area contributed by atoms with Gasteiger partial charge in [0.25, 0.3) is 0 Å². The highest BCUT2D eigenvalue weighted by Crippen LogP contribution is 2.35. The quantitative estimate of drug-likeness (QED) is 0.825. The van der Waals surface area contributed by atoms with Gasteiger partial charge in [-0.25, -0.2) is 8.42 Å². The minimum absolute atomic E-state index is 0.000778. The third kappa shape index (κ3) is 2.45. The molecule has 5 nitrogen and oxygen atoms in total. The average Bonchev–Trinajstić information content (AvgIpc) is 2.23. The Bertz CT molecular complexity index is 595. The third-order valence-electron chi connectivity index (χ3n) is 3.55. The maximum Gasteiger partial charge on any atom is 0.244 e. The van der Waals surface area contributed by atoms with E-state index in [0.717, 1.165) is 0 Å². The van der Waals surface area contributed by atoms with Crippen molar-refractivity contribution in [3.63, 3.8) is 0 Å². The van der Waals surface area contributed by atoms with Crippen molar-refractivity contribution in [2.45, 2.75) is 24.3 Å². The fraction of sp³-hybridized carbons (Fsp3) is 0.500. The Morgan fingerprint density at radius 3 is 2.47 bits per heavy atom. The molecule has 0 unspecified atom stereocenters. The van der Waals surface area contributed by atoms with E-state index in [-0.39, 0.29) is 28.9 Å². The summed E-state index contributed by atoms with van der Waals surface area (Å²) >= 11 is 5.92. The fourth-order valence-electron chi connectivity index (χ4n) is 1.96. The molecule has 0 atom stereocenters. The fourth-order valence-corrected chi connectivity index (χ4v) is 4.06. The molecule has 0 aliphatic carbocycles. The molecule has 0 aromatic heterocycles. The normalized spacial score (nSPS) is 19.4. The molecule has 2 rings (SSSR count). The Morgan fingerprint density at radius 2 is 2.00 bits per heavy atom. The first kappa shape index (κ1) is 14.6. The number of benzene rings is 1. The molecule has 0 saturated carbocycles. The number of rotatable bonds is 3. The summed E-state index contributed by atoms with van der Waals surface area (Å²) in [6.07, 6.45) is 0. The smallest absolute Gasteiger partial charge is 0.244 e. The van der Waals surface area contributed by atoms with Crippen molar-refractivity contribution in [1.29, 1.82) is 0 Å². The number of nitrogen functional groups attached to an aromatic ring is 1. The molecular weight excluding hydrogens is 288 g/mol. The molecule has 0 radical (unpaired) electrons. The molecule has 7 heteroatoms. The summed E-state index contributed by atoms with van der Waals surface area (Å²) in [5.74, 6) is 0.000778. The van der Waals surface area contributed by atoms with Crippen LogP contribution in [0.25, 0.3) is 0 Å². The SMILES string of the molecule is CC(C)C1(O)CN(S(=O)(=O)c2ccc(N)cc2Cl)C1. The Kier molecular flexibility index (Phi) is 3.55. The van der Waals surface area contributed by atoms with Crippen molar-refractivity contribution in [1.82, 2.24) is 4.31 Å². The largest absolute Gasteiger partial charge is 0.399 e. The van der Waals surface area contributed by atoms with E-state index in [2.05, 4.69) is 0 Å². The molecule has 1 aliphatic heterocycles. The van der Waals surface area contributed by atoms with Crippen LogP contribution in [-0.4, -0.2) is 36.5 Å². The highest BCUT2D eigenvalue weighted by molar-refractivity contribution is 7.89. The molecule has 0 bridgehead atoms. The summed E-state index contributed by atoms with van der Waals surface area (Å²) < 4.78 is 25.9. The van der Waals surface area contributed by atoms with Crippen molar-refractivity contribution >= 4 is 27.3 Å². The van der Waals surface area contributed by atoms with E-state index < -0.39 is 15.6 Å². The Morgan fingerprint density at radius 1 is 1.42 bits per heavy atom. The van der Waals surface area contributed by atoms with Crippen LogP contribution in [0.5, 0.6) is 0 Å². The minimum atomic E-state index is -3.67. The van der Waals surface area contributed by atoms with E-state index in [1.54, 1.807) is 0 Å². The molecule has 106 valence electrons. The molecule has 0 spiro atoms. The number of aliphatic hydroxyl groups is 1. The highest BCUT2D eigenvalue weighted by atomic mass is 35.5. The summed E-state index contributed by atoms with van der Waals surface area (Å²) in [4.78, 5) is 0.0224. The number of sulfonamides is 1. The number of hydrogen-bond donors (Lipinski definition) is 2. The van der Waals surface area contributed by atoms with Crippen LogP contribution in [0.2, 0.25) is 5.02 Å². The number of halogens is 1. The van der Waals surface area contributed by atoms with Crippen LogP contribution in [0.1, 0.15) is 13.8 Å². The van der Waals surface area contributed by atoms with Crippen molar-refractivity contribution < 1.29 is 13.5 Å². The molecule has 1 saturated heterocycles. The van der Waals surface area contributed by atoms with Gasteiger partial charge in [-0.15, -0.1) is 0 Å². The van der Waals surface area contributed by atoms with Gasteiger partial charge >= 0.3 is 0 Å². The molecular formula is C12H17ClN2O3S. The van der Waals surface area contributed by atoms with Crippen molar-refractivity contribution in [3.05, 3.63) is 23.2 Å². The standard InChI is InChI=1S/C12H17ClN2O3S/c1-8(2)12(16)6-15(7-12)19(17,18)11-4-3-9(14)5-10(11)13/h3-5,8,16H,6-7,14H2,1-2H3. The van der Waals surface area contributed by atoms with E-state index in [0.29, 0.717) is 5.69 Å². The van der Waals surface area contributed by atoms with Crippen LogP contribution < -0.4 is 5.73 Å². The molecule has 19 heavy (non-hydrogen) atoms. The zero-order chi connectivity index (χ0) is 14.4. The summed E-state index contributed by atoms with van der Waals surface area (Å²) in [7, 11) is -3.67. The number of hydrogen-bond acceptors (Lipinski definition) is 4. The maximum absolute atomic E-state index is 12.3. The van der Waals surface area contributed by atoms with E-state index in [1.807, 2.05) is 13.8 Å². The lowest BCUT2D eigenvalue weighted by atomic mass is 9.85. The van der Waals surface area contributed by atoms with E-state index in [9.17, 15) is 13.5 Å². The van der Waals surface area contributed by atoms with Gasteiger partial charge in [0.1, 0.15) is 4.90 Å². The summed E-state index contributed by atoms with van der Waals surface area (Å²) in [6.45, 7) is 3.90. The van der Waals surface area contributed by atoms with Gasteiger partial charge in [0.05, 0.1) is 10.6 Å². The van der Waals surface area contributed by atoms with Gasteiger partial charge in [0.15, 0.2) is 0 Å². The maximum atomic E-state index is 12.3. The molecule has 0 amide bonds. The first-order valence-corrected chi connectivity index (χ1v) is 7.76. The van der Waals surface area contributed by atoms with E-state index >= 15 is 0 Å². The number of nitrogens with two attached hydrogens (primary N) is 1. The van der Waals surface area contributed by atoms with Crippen molar-refractivity contribution in [3.8, 4) is 0 Å². The van der Waals surface area contributed by atoms with Crippen LogP contribution >= 0.6 is 11.6 Å². The number of nitrogens with zero attached hydrogens (tertiary/aromatic N) is 1. The molecule has 1 heterocycles. The molecule has 1 aliphatic rings. The van der Waals surface area contributed by atoms with Crippen molar-refractivity contribution in [2.75, 3.05) is 18.8 Å². The zero-order valence-corrected chi connectivity index (χ0v) is 12.4. The summed E-state index contributed by atoms with van der Waals surface area (Å²) in [5.41, 5.74) is 5.00. The summed E-state index contributed by atoms with van der Waals surface area (Å²) in [5, 5.41) is 10.2. The van der Waals surface area contributed by atoms with Crippen molar-refractivity contribution in [2.24, 2.45) is 5.92 Å². The van der Waals surface area contributed by atoms with Crippen LogP contribution in [0.15, 0.2) is 23.1 Å².